The van der Waals surface area contributed by atoms with E-state index in [9.17, 15) is 9.90 Å². The number of benzene rings is 2. The van der Waals surface area contributed by atoms with Gasteiger partial charge in [-0.2, -0.15) is 5.10 Å². The summed E-state index contributed by atoms with van der Waals surface area (Å²) in [6.45, 7) is 0.719. The molecule has 3 rings (SSSR count). The lowest BCUT2D eigenvalue weighted by Gasteiger charge is -2.04. The summed E-state index contributed by atoms with van der Waals surface area (Å²) < 4.78 is 7.04. The molecule has 0 radical (unpaired) electrons. The second kappa shape index (κ2) is 6.89. The summed E-state index contributed by atoms with van der Waals surface area (Å²) in [5.41, 5.74) is 2.48. The van der Waals surface area contributed by atoms with E-state index in [1.165, 1.54) is 4.68 Å². The summed E-state index contributed by atoms with van der Waals surface area (Å²) in [6.07, 6.45) is 0. The number of aromatic nitrogens is 2. The Hall–Kier alpha value is -2.92. The number of carboxylic acid groups (broad SMARTS) is 1. The van der Waals surface area contributed by atoms with Gasteiger partial charge in [-0.15, -0.1) is 0 Å². The average molecular weight is 308 g/mol. The van der Waals surface area contributed by atoms with E-state index in [0.717, 1.165) is 5.56 Å². The molecule has 0 aliphatic carbocycles. The summed E-state index contributed by atoms with van der Waals surface area (Å²) in [6, 6.07) is 20.5. The Morgan fingerprint density at radius 3 is 2.30 bits per heavy atom. The maximum atomic E-state index is 11.4. The topological polar surface area (TPSA) is 64.3 Å². The van der Waals surface area contributed by atoms with Gasteiger partial charge >= 0.3 is 5.97 Å². The fourth-order valence-corrected chi connectivity index (χ4v) is 2.27. The number of hydrogen-bond donors (Lipinski definition) is 1. The molecule has 0 fully saturated rings. The van der Waals surface area contributed by atoms with Gasteiger partial charge in [-0.3, -0.25) is 0 Å². The van der Waals surface area contributed by atoms with Crippen molar-refractivity contribution in [2.24, 2.45) is 0 Å². The molecule has 5 heteroatoms. The van der Waals surface area contributed by atoms with Crippen molar-refractivity contribution in [1.82, 2.24) is 9.78 Å². The zero-order valence-electron chi connectivity index (χ0n) is 12.4. The smallest absolute Gasteiger partial charge is 0.354 e. The van der Waals surface area contributed by atoms with Gasteiger partial charge in [0, 0.05) is 0 Å². The molecule has 0 unspecified atom stereocenters. The van der Waals surface area contributed by atoms with Crippen molar-refractivity contribution in [3.8, 4) is 5.69 Å². The van der Waals surface area contributed by atoms with Crippen molar-refractivity contribution in [2.75, 3.05) is 0 Å². The molecule has 0 bridgehead atoms. The molecule has 5 nitrogen and oxygen atoms in total. The van der Waals surface area contributed by atoms with Gasteiger partial charge < -0.3 is 9.84 Å². The number of nitrogens with zero attached hydrogens (tertiary/aromatic N) is 2. The van der Waals surface area contributed by atoms with Gasteiger partial charge in [0.25, 0.3) is 0 Å². The minimum Gasteiger partial charge on any atom is -0.477 e. The minimum atomic E-state index is -1.02. The molecule has 1 heterocycles. The maximum Gasteiger partial charge on any atom is 0.354 e. The SMILES string of the molecule is O=C(O)c1cc(COCc2ccccc2)nn1-c1ccccc1. The summed E-state index contributed by atoms with van der Waals surface area (Å²) >= 11 is 0. The van der Waals surface area contributed by atoms with Crippen molar-refractivity contribution in [3.63, 3.8) is 0 Å². The van der Waals surface area contributed by atoms with Gasteiger partial charge in [-0.05, 0) is 23.8 Å². The predicted molar refractivity (Wildman–Crippen MR) is 85.5 cm³/mol. The fourth-order valence-electron chi connectivity index (χ4n) is 2.27. The Bertz CT molecular complexity index is 783. The van der Waals surface area contributed by atoms with Crippen LogP contribution in [0.1, 0.15) is 21.7 Å². The Labute approximate surface area is 133 Å². The van der Waals surface area contributed by atoms with Crippen LogP contribution >= 0.6 is 0 Å². The Morgan fingerprint density at radius 2 is 1.65 bits per heavy atom. The van der Waals surface area contributed by atoms with E-state index in [2.05, 4.69) is 5.10 Å². The van der Waals surface area contributed by atoms with Crippen molar-refractivity contribution in [1.29, 1.82) is 0 Å². The largest absolute Gasteiger partial charge is 0.477 e. The molecule has 0 spiro atoms. The molecule has 0 atom stereocenters. The standard InChI is InChI=1S/C18H16N2O3/c21-18(22)17-11-15(13-23-12-14-7-3-1-4-8-14)19-20(17)16-9-5-2-6-10-16/h1-11H,12-13H2,(H,21,22). The maximum absolute atomic E-state index is 11.4. The van der Waals surface area contributed by atoms with Crippen LogP contribution in [0.3, 0.4) is 0 Å². The van der Waals surface area contributed by atoms with E-state index in [1.807, 2.05) is 60.7 Å². The molecule has 0 saturated heterocycles. The van der Waals surface area contributed by atoms with Gasteiger partial charge in [0.2, 0.25) is 0 Å². The summed E-state index contributed by atoms with van der Waals surface area (Å²) in [5, 5.41) is 13.7. The van der Waals surface area contributed by atoms with Gasteiger partial charge in [0.05, 0.1) is 24.6 Å². The number of aromatic carboxylic acids is 1. The van der Waals surface area contributed by atoms with Crippen LogP contribution in [0.4, 0.5) is 0 Å². The predicted octanol–water partition coefficient (Wildman–Crippen LogP) is 3.29. The van der Waals surface area contributed by atoms with Crippen molar-refractivity contribution >= 4 is 5.97 Å². The van der Waals surface area contributed by atoms with Crippen LogP contribution in [-0.4, -0.2) is 20.9 Å². The van der Waals surface area contributed by atoms with Crippen LogP contribution in [0, 0.1) is 0 Å². The van der Waals surface area contributed by atoms with Crippen molar-refractivity contribution in [2.45, 2.75) is 13.2 Å². The molecule has 116 valence electrons. The molecular weight excluding hydrogens is 292 g/mol. The van der Waals surface area contributed by atoms with Gasteiger partial charge in [0.15, 0.2) is 5.69 Å². The highest BCUT2D eigenvalue weighted by molar-refractivity contribution is 5.86. The summed E-state index contributed by atoms with van der Waals surface area (Å²) in [7, 11) is 0. The summed E-state index contributed by atoms with van der Waals surface area (Å²) in [4.78, 5) is 11.4. The van der Waals surface area contributed by atoms with E-state index in [0.29, 0.717) is 18.0 Å². The lowest BCUT2D eigenvalue weighted by molar-refractivity contribution is 0.0687. The highest BCUT2D eigenvalue weighted by Gasteiger charge is 2.15. The van der Waals surface area contributed by atoms with E-state index >= 15 is 0 Å². The fraction of sp³-hybridized carbons (Fsp3) is 0.111. The molecule has 0 amide bonds. The second-order valence-corrected chi connectivity index (χ2v) is 5.05. The van der Waals surface area contributed by atoms with Gasteiger partial charge in [0.1, 0.15) is 0 Å². The van der Waals surface area contributed by atoms with E-state index in [1.54, 1.807) is 6.07 Å². The van der Waals surface area contributed by atoms with E-state index < -0.39 is 5.97 Å². The van der Waals surface area contributed by atoms with Crippen molar-refractivity contribution in [3.05, 3.63) is 83.7 Å². The Kier molecular flexibility index (Phi) is 4.49. The van der Waals surface area contributed by atoms with Crippen LogP contribution in [0.2, 0.25) is 0 Å². The molecule has 0 saturated carbocycles. The molecule has 1 aromatic heterocycles. The third kappa shape index (κ3) is 3.64. The Balaban J connectivity index is 1.75. The normalized spacial score (nSPS) is 10.6. The van der Waals surface area contributed by atoms with E-state index in [4.69, 9.17) is 4.74 Å². The first-order valence-electron chi connectivity index (χ1n) is 7.23. The number of para-hydroxylation sites is 1. The van der Waals surface area contributed by atoms with Crippen LogP contribution in [0.15, 0.2) is 66.7 Å². The highest BCUT2D eigenvalue weighted by Crippen LogP contribution is 2.14. The molecule has 0 aliphatic heterocycles. The molecule has 2 aromatic carbocycles. The molecule has 0 aliphatic rings. The van der Waals surface area contributed by atoms with E-state index in [-0.39, 0.29) is 12.3 Å². The number of carbonyl (C=O) groups is 1. The van der Waals surface area contributed by atoms with Gasteiger partial charge in [-0.25, -0.2) is 9.48 Å². The van der Waals surface area contributed by atoms with Crippen molar-refractivity contribution < 1.29 is 14.6 Å². The second-order valence-electron chi connectivity index (χ2n) is 5.05. The third-order valence-electron chi connectivity index (χ3n) is 3.34. The first-order valence-corrected chi connectivity index (χ1v) is 7.23. The zero-order chi connectivity index (χ0) is 16.1. The van der Waals surface area contributed by atoms with Crippen LogP contribution in [0.25, 0.3) is 5.69 Å². The number of rotatable bonds is 6. The lowest BCUT2D eigenvalue weighted by atomic mass is 10.2. The van der Waals surface area contributed by atoms with Gasteiger partial charge in [-0.1, -0.05) is 48.5 Å². The lowest BCUT2D eigenvalue weighted by Crippen LogP contribution is -2.07. The summed E-state index contributed by atoms with van der Waals surface area (Å²) in [5.74, 6) is -1.02. The monoisotopic (exact) mass is 308 g/mol. The third-order valence-corrected chi connectivity index (χ3v) is 3.34. The van der Waals surface area contributed by atoms with Crippen LogP contribution < -0.4 is 0 Å². The first kappa shape index (κ1) is 15.0. The molecule has 3 aromatic rings. The quantitative estimate of drug-likeness (QED) is 0.759. The molecule has 23 heavy (non-hydrogen) atoms. The highest BCUT2D eigenvalue weighted by atomic mass is 16.5. The number of carboxylic acids is 1. The minimum absolute atomic E-state index is 0.120. The number of hydrogen-bond acceptors (Lipinski definition) is 3. The Morgan fingerprint density at radius 1 is 1.00 bits per heavy atom. The van der Waals surface area contributed by atoms with Crippen LogP contribution in [-0.2, 0) is 18.0 Å². The molecule has 1 N–H and O–H groups in total. The first-order chi connectivity index (χ1) is 11.2. The zero-order valence-corrected chi connectivity index (χ0v) is 12.4. The van der Waals surface area contributed by atoms with Crippen LogP contribution in [0.5, 0.6) is 0 Å². The average Bonchev–Trinajstić information content (AvgIpc) is 3.01. The molecular formula is C18H16N2O3. The number of ether oxygens (including phenoxy) is 1.